The zero-order valence-electron chi connectivity index (χ0n) is 14.9. The van der Waals surface area contributed by atoms with Crippen LogP contribution in [0.1, 0.15) is 42.0 Å². The largest absolute Gasteiger partial charge is 0.383 e. The van der Waals surface area contributed by atoms with Crippen molar-refractivity contribution in [1.29, 1.82) is 15.8 Å². The van der Waals surface area contributed by atoms with Crippen molar-refractivity contribution in [2.75, 3.05) is 23.7 Å². The number of nitrogens with zero attached hydrogens (tertiary/aromatic N) is 5. The fourth-order valence-corrected chi connectivity index (χ4v) is 3.00. The van der Waals surface area contributed by atoms with Crippen LogP contribution in [0.3, 0.4) is 0 Å². The van der Waals surface area contributed by atoms with Crippen LogP contribution in [-0.4, -0.2) is 18.1 Å². The smallest absolute Gasteiger partial charge is 0.149 e. The molecule has 0 radical (unpaired) electrons. The Morgan fingerprint density at radius 3 is 2.15 bits per heavy atom. The third-order valence-electron chi connectivity index (χ3n) is 4.32. The van der Waals surface area contributed by atoms with Gasteiger partial charge in [-0.1, -0.05) is 30.3 Å². The number of anilines is 2. The van der Waals surface area contributed by atoms with Crippen molar-refractivity contribution in [3.05, 3.63) is 52.6 Å². The summed E-state index contributed by atoms with van der Waals surface area (Å²) in [6.07, 6.45) is 0.391. The number of rotatable bonds is 6. The number of aromatic nitrogens is 1. The molecule has 0 saturated heterocycles. The standard InChI is InChI=1S/C20H20N6/c1-3-26(4-2)20-17(13-23)18(16(12-22)19(24)25-20)15(11-21)10-14-8-6-5-7-9-14/h5-9,15H,3-4,10H2,1-2H3,(H2,24,25). The first kappa shape index (κ1) is 18.8. The van der Waals surface area contributed by atoms with Crippen LogP contribution in [0, 0.1) is 34.0 Å². The molecule has 0 bridgehead atoms. The number of nitrogen functional groups attached to an aromatic ring is 1. The van der Waals surface area contributed by atoms with Crippen LogP contribution < -0.4 is 10.6 Å². The Morgan fingerprint density at radius 2 is 1.65 bits per heavy atom. The molecule has 0 aliphatic rings. The van der Waals surface area contributed by atoms with Gasteiger partial charge in [0.1, 0.15) is 34.9 Å². The molecule has 1 aromatic carbocycles. The van der Waals surface area contributed by atoms with E-state index in [2.05, 4.69) is 17.1 Å². The van der Waals surface area contributed by atoms with Crippen molar-refractivity contribution in [2.45, 2.75) is 26.2 Å². The maximum Gasteiger partial charge on any atom is 0.149 e. The van der Waals surface area contributed by atoms with Crippen LogP contribution in [0.25, 0.3) is 0 Å². The summed E-state index contributed by atoms with van der Waals surface area (Å²) < 4.78 is 0. The molecule has 2 N–H and O–H groups in total. The predicted octanol–water partition coefficient (Wildman–Crippen LogP) is 3.10. The lowest BCUT2D eigenvalue weighted by atomic mass is 9.87. The van der Waals surface area contributed by atoms with Gasteiger partial charge in [0, 0.05) is 18.7 Å². The van der Waals surface area contributed by atoms with Gasteiger partial charge < -0.3 is 10.6 Å². The van der Waals surface area contributed by atoms with Crippen LogP contribution in [0.15, 0.2) is 30.3 Å². The van der Waals surface area contributed by atoms with E-state index in [1.54, 1.807) is 0 Å². The molecule has 130 valence electrons. The highest BCUT2D eigenvalue weighted by Crippen LogP contribution is 2.34. The molecule has 2 aromatic rings. The van der Waals surface area contributed by atoms with Crippen molar-refractivity contribution in [2.24, 2.45) is 0 Å². The number of pyridine rings is 1. The normalized spacial score (nSPS) is 11.0. The number of benzene rings is 1. The lowest BCUT2D eigenvalue weighted by Gasteiger charge is -2.24. The monoisotopic (exact) mass is 344 g/mol. The van der Waals surface area contributed by atoms with Crippen LogP contribution >= 0.6 is 0 Å². The molecule has 0 saturated carbocycles. The summed E-state index contributed by atoms with van der Waals surface area (Å²) >= 11 is 0. The fraction of sp³-hybridized carbons (Fsp3) is 0.300. The van der Waals surface area contributed by atoms with Crippen molar-refractivity contribution in [3.63, 3.8) is 0 Å². The number of hydrogen-bond donors (Lipinski definition) is 1. The van der Waals surface area contributed by atoms with Gasteiger partial charge in [0.15, 0.2) is 0 Å². The summed E-state index contributed by atoms with van der Waals surface area (Å²) in [5, 5.41) is 29.1. The predicted molar refractivity (Wildman–Crippen MR) is 100 cm³/mol. The summed E-state index contributed by atoms with van der Waals surface area (Å²) in [6, 6.07) is 15.9. The Bertz CT molecular complexity index is 895. The zero-order valence-corrected chi connectivity index (χ0v) is 14.9. The molecule has 1 atom stereocenters. The molecule has 1 heterocycles. The van der Waals surface area contributed by atoms with Gasteiger partial charge in [-0.15, -0.1) is 0 Å². The van der Waals surface area contributed by atoms with Gasteiger partial charge in [-0.2, -0.15) is 15.8 Å². The van der Waals surface area contributed by atoms with Gasteiger partial charge in [-0.3, -0.25) is 0 Å². The molecule has 0 aliphatic heterocycles. The van der Waals surface area contributed by atoms with E-state index in [0.29, 0.717) is 30.9 Å². The lowest BCUT2D eigenvalue weighted by molar-refractivity contribution is 0.816. The highest BCUT2D eigenvalue weighted by molar-refractivity contribution is 5.70. The van der Waals surface area contributed by atoms with E-state index in [1.807, 2.05) is 55.1 Å². The molecular formula is C20H20N6. The first-order valence-electron chi connectivity index (χ1n) is 8.43. The van der Waals surface area contributed by atoms with Gasteiger partial charge in [0.25, 0.3) is 0 Å². The van der Waals surface area contributed by atoms with E-state index in [1.165, 1.54) is 0 Å². The first-order chi connectivity index (χ1) is 12.6. The minimum atomic E-state index is -0.665. The Hall–Kier alpha value is -3.56. The highest BCUT2D eigenvalue weighted by Gasteiger charge is 2.27. The Labute approximate surface area is 153 Å². The molecule has 1 aromatic heterocycles. The fourth-order valence-electron chi connectivity index (χ4n) is 3.00. The number of nitriles is 3. The second-order valence-electron chi connectivity index (χ2n) is 5.75. The van der Waals surface area contributed by atoms with E-state index in [4.69, 9.17) is 5.73 Å². The second-order valence-corrected chi connectivity index (χ2v) is 5.75. The molecule has 0 spiro atoms. The molecule has 2 rings (SSSR count). The number of hydrogen-bond acceptors (Lipinski definition) is 6. The van der Waals surface area contributed by atoms with Gasteiger partial charge in [-0.05, 0) is 25.8 Å². The van der Waals surface area contributed by atoms with Crippen molar-refractivity contribution < 1.29 is 0 Å². The molecule has 0 amide bonds. The molecule has 0 aliphatic carbocycles. The van der Waals surface area contributed by atoms with E-state index < -0.39 is 5.92 Å². The maximum atomic E-state index is 9.78. The quantitative estimate of drug-likeness (QED) is 0.861. The van der Waals surface area contributed by atoms with Gasteiger partial charge in [0.2, 0.25) is 0 Å². The van der Waals surface area contributed by atoms with E-state index in [-0.39, 0.29) is 16.9 Å². The minimum absolute atomic E-state index is 0.0525. The third-order valence-corrected chi connectivity index (χ3v) is 4.32. The summed E-state index contributed by atoms with van der Waals surface area (Å²) in [5.74, 6) is -0.185. The molecule has 0 fully saturated rings. The van der Waals surface area contributed by atoms with Crippen LogP contribution in [0.2, 0.25) is 0 Å². The van der Waals surface area contributed by atoms with E-state index >= 15 is 0 Å². The highest BCUT2D eigenvalue weighted by atomic mass is 15.2. The van der Waals surface area contributed by atoms with Gasteiger partial charge >= 0.3 is 0 Å². The summed E-state index contributed by atoms with van der Waals surface area (Å²) in [6.45, 7) is 5.18. The average molecular weight is 344 g/mol. The molecule has 1 unspecified atom stereocenters. The van der Waals surface area contributed by atoms with Crippen molar-refractivity contribution in [1.82, 2.24) is 4.98 Å². The van der Waals surface area contributed by atoms with Crippen LogP contribution in [-0.2, 0) is 6.42 Å². The summed E-state index contributed by atoms with van der Waals surface area (Å²) in [4.78, 5) is 6.19. The molecule has 6 nitrogen and oxygen atoms in total. The van der Waals surface area contributed by atoms with Crippen LogP contribution in [0.4, 0.5) is 11.6 Å². The topological polar surface area (TPSA) is 114 Å². The Balaban J connectivity index is 2.70. The van der Waals surface area contributed by atoms with E-state index in [9.17, 15) is 15.8 Å². The van der Waals surface area contributed by atoms with Gasteiger partial charge in [0.05, 0.1) is 12.0 Å². The van der Waals surface area contributed by atoms with Crippen LogP contribution in [0.5, 0.6) is 0 Å². The third kappa shape index (κ3) is 3.58. The second kappa shape index (κ2) is 8.51. The van der Waals surface area contributed by atoms with Gasteiger partial charge in [-0.25, -0.2) is 4.98 Å². The average Bonchev–Trinajstić information content (AvgIpc) is 2.67. The Morgan fingerprint density at radius 1 is 1.04 bits per heavy atom. The molecule has 26 heavy (non-hydrogen) atoms. The Kier molecular flexibility index (Phi) is 6.15. The minimum Gasteiger partial charge on any atom is -0.383 e. The summed E-state index contributed by atoms with van der Waals surface area (Å²) in [7, 11) is 0. The lowest BCUT2D eigenvalue weighted by Crippen LogP contribution is -2.26. The number of nitrogens with two attached hydrogens (primary N) is 1. The van der Waals surface area contributed by atoms with E-state index in [0.717, 1.165) is 5.56 Å². The maximum absolute atomic E-state index is 9.78. The molecular weight excluding hydrogens is 324 g/mol. The first-order valence-corrected chi connectivity index (χ1v) is 8.43. The zero-order chi connectivity index (χ0) is 19.1. The van der Waals surface area contributed by atoms with Crippen molar-refractivity contribution >= 4 is 11.6 Å². The summed E-state index contributed by atoms with van der Waals surface area (Å²) in [5.41, 5.74) is 7.69. The molecule has 6 heteroatoms. The van der Waals surface area contributed by atoms with Crippen molar-refractivity contribution in [3.8, 4) is 18.2 Å². The SMILES string of the molecule is CCN(CC)c1nc(N)c(C#N)c(C(C#N)Cc2ccccc2)c1C#N.